The lowest BCUT2D eigenvalue weighted by Crippen LogP contribution is -2.40. The van der Waals surface area contributed by atoms with E-state index in [4.69, 9.17) is 9.47 Å². The van der Waals surface area contributed by atoms with Gasteiger partial charge in [-0.25, -0.2) is 14.8 Å². The third kappa shape index (κ3) is 5.32. The number of urea groups is 1. The highest BCUT2D eigenvalue weighted by Crippen LogP contribution is 2.35. The Morgan fingerprint density at radius 1 is 1.06 bits per heavy atom. The fourth-order valence-corrected chi connectivity index (χ4v) is 4.33. The molecule has 0 aliphatic carbocycles. The van der Waals surface area contributed by atoms with Crippen molar-refractivity contribution in [2.24, 2.45) is 5.92 Å². The maximum absolute atomic E-state index is 12.3. The van der Waals surface area contributed by atoms with Crippen molar-refractivity contribution in [3.05, 3.63) is 48.3 Å². The summed E-state index contributed by atoms with van der Waals surface area (Å²) < 4.78 is 10.9. The van der Waals surface area contributed by atoms with Gasteiger partial charge in [0.05, 0.1) is 19.7 Å². The van der Waals surface area contributed by atoms with Crippen molar-refractivity contribution in [3.8, 4) is 11.5 Å². The summed E-state index contributed by atoms with van der Waals surface area (Å²) in [6.07, 6.45) is 3.54. The first-order chi connectivity index (χ1) is 16.5. The first-order valence-corrected chi connectivity index (χ1v) is 11.7. The Kier molecular flexibility index (Phi) is 7.35. The molecule has 3 aromatic rings. The van der Waals surface area contributed by atoms with E-state index < -0.39 is 0 Å². The average molecular weight is 464 g/mol. The number of rotatable bonds is 7. The highest BCUT2D eigenvalue weighted by atomic mass is 16.5. The standard InChI is InChI=1S/C26H33N5O3/c1-17(2)19-5-7-20(8-6-19)30-26(32)27-15-18-9-11-31(12-10-18)25-21-13-23(33-3)24(34-4)14-22(21)28-16-29-25/h5-8,13-14,16-18H,9-12,15H2,1-4H3,(H2,27,30,32). The molecule has 0 spiro atoms. The zero-order chi connectivity index (χ0) is 24.1. The number of methoxy groups -OCH3 is 2. The van der Waals surface area contributed by atoms with E-state index in [2.05, 4.69) is 51.5 Å². The van der Waals surface area contributed by atoms with Crippen LogP contribution >= 0.6 is 0 Å². The van der Waals surface area contributed by atoms with Crippen LogP contribution in [0.4, 0.5) is 16.3 Å². The molecular weight excluding hydrogens is 430 g/mol. The monoisotopic (exact) mass is 463 g/mol. The van der Waals surface area contributed by atoms with E-state index in [0.717, 1.165) is 48.3 Å². The number of fused-ring (bicyclic) bond motifs is 1. The fraction of sp³-hybridized carbons (Fsp3) is 0.423. The molecule has 180 valence electrons. The van der Waals surface area contributed by atoms with E-state index in [9.17, 15) is 4.79 Å². The molecule has 2 N–H and O–H groups in total. The molecule has 2 amide bonds. The molecule has 0 radical (unpaired) electrons. The number of amides is 2. The number of nitrogens with zero attached hydrogens (tertiary/aromatic N) is 3. The topological polar surface area (TPSA) is 88.6 Å². The van der Waals surface area contributed by atoms with E-state index in [1.54, 1.807) is 20.5 Å². The number of ether oxygens (including phenoxy) is 2. The fourth-order valence-electron chi connectivity index (χ4n) is 4.33. The number of benzene rings is 2. The lowest BCUT2D eigenvalue weighted by Gasteiger charge is -2.33. The van der Waals surface area contributed by atoms with Crippen LogP contribution in [-0.2, 0) is 0 Å². The largest absolute Gasteiger partial charge is 0.493 e. The van der Waals surface area contributed by atoms with E-state index in [1.165, 1.54) is 5.56 Å². The molecule has 1 aromatic heterocycles. The zero-order valence-electron chi connectivity index (χ0n) is 20.3. The number of nitrogens with one attached hydrogen (secondary N) is 2. The minimum Gasteiger partial charge on any atom is -0.493 e. The second kappa shape index (κ2) is 10.6. The molecule has 8 nitrogen and oxygen atoms in total. The van der Waals surface area contributed by atoms with Gasteiger partial charge in [0.2, 0.25) is 0 Å². The van der Waals surface area contributed by atoms with Gasteiger partial charge in [-0.3, -0.25) is 0 Å². The minimum atomic E-state index is -0.164. The van der Waals surface area contributed by atoms with E-state index in [0.29, 0.717) is 29.9 Å². The molecule has 1 aliphatic heterocycles. The highest BCUT2D eigenvalue weighted by molar-refractivity contribution is 5.92. The first-order valence-electron chi connectivity index (χ1n) is 11.7. The molecule has 4 rings (SSSR count). The SMILES string of the molecule is COc1cc2ncnc(N3CCC(CNC(=O)Nc4ccc(C(C)C)cc4)CC3)c2cc1OC. The number of piperidine rings is 1. The van der Waals surface area contributed by atoms with Crippen LogP contribution in [0.1, 0.15) is 38.2 Å². The van der Waals surface area contributed by atoms with Crippen LogP contribution in [-0.4, -0.2) is 49.9 Å². The van der Waals surface area contributed by atoms with Gasteiger partial charge in [0.1, 0.15) is 12.1 Å². The molecule has 1 fully saturated rings. The lowest BCUT2D eigenvalue weighted by molar-refractivity contribution is 0.248. The van der Waals surface area contributed by atoms with Gasteiger partial charge in [-0.15, -0.1) is 0 Å². The van der Waals surface area contributed by atoms with Gasteiger partial charge in [-0.2, -0.15) is 0 Å². The Hall–Kier alpha value is -3.55. The molecule has 0 bridgehead atoms. The van der Waals surface area contributed by atoms with Gasteiger partial charge in [0.25, 0.3) is 0 Å². The van der Waals surface area contributed by atoms with Gasteiger partial charge in [0, 0.05) is 36.8 Å². The van der Waals surface area contributed by atoms with Gasteiger partial charge < -0.3 is 25.0 Å². The predicted octanol–water partition coefficient (Wildman–Crippen LogP) is 4.81. The van der Waals surface area contributed by atoms with Crippen LogP contribution < -0.4 is 25.0 Å². The quantitative estimate of drug-likeness (QED) is 0.523. The predicted molar refractivity (Wildman–Crippen MR) is 135 cm³/mol. The van der Waals surface area contributed by atoms with Crippen molar-refractivity contribution >= 4 is 28.4 Å². The smallest absolute Gasteiger partial charge is 0.319 e. The summed E-state index contributed by atoms with van der Waals surface area (Å²) >= 11 is 0. The summed E-state index contributed by atoms with van der Waals surface area (Å²) in [5, 5.41) is 6.89. The van der Waals surface area contributed by atoms with Crippen molar-refractivity contribution in [2.45, 2.75) is 32.6 Å². The Morgan fingerprint density at radius 3 is 2.38 bits per heavy atom. The third-order valence-electron chi connectivity index (χ3n) is 6.42. The van der Waals surface area contributed by atoms with Crippen LogP contribution in [0.3, 0.4) is 0 Å². The molecule has 34 heavy (non-hydrogen) atoms. The lowest BCUT2D eigenvalue weighted by atomic mass is 9.96. The summed E-state index contributed by atoms with van der Waals surface area (Å²) in [6.45, 7) is 6.69. The summed E-state index contributed by atoms with van der Waals surface area (Å²) in [7, 11) is 3.25. The maximum Gasteiger partial charge on any atom is 0.319 e. The molecule has 8 heteroatoms. The van der Waals surface area contributed by atoms with Crippen molar-refractivity contribution in [1.29, 1.82) is 0 Å². The molecule has 0 unspecified atom stereocenters. The highest BCUT2D eigenvalue weighted by Gasteiger charge is 2.23. The number of anilines is 2. The zero-order valence-corrected chi connectivity index (χ0v) is 20.3. The molecule has 1 saturated heterocycles. The summed E-state index contributed by atoms with van der Waals surface area (Å²) in [5.74, 6) is 3.11. The van der Waals surface area contributed by atoms with E-state index >= 15 is 0 Å². The Balaban J connectivity index is 1.32. The van der Waals surface area contributed by atoms with Crippen molar-refractivity contribution in [3.63, 3.8) is 0 Å². The van der Waals surface area contributed by atoms with Crippen LogP contribution in [0, 0.1) is 5.92 Å². The second-order valence-corrected chi connectivity index (χ2v) is 8.96. The Bertz CT molecular complexity index is 1130. The van der Waals surface area contributed by atoms with Crippen LogP contribution in [0.5, 0.6) is 11.5 Å². The molecule has 1 aliphatic rings. The average Bonchev–Trinajstić information content (AvgIpc) is 2.87. The van der Waals surface area contributed by atoms with Gasteiger partial charge in [-0.05, 0) is 48.4 Å². The van der Waals surface area contributed by atoms with Gasteiger partial charge in [0.15, 0.2) is 11.5 Å². The summed E-state index contributed by atoms with van der Waals surface area (Å²) in [5.41, 5.74) is 2.88. The molecular formula is C26H33N5O3. The first kappa shape index (κ1) is 23.6. The number of carbonyl (C=O) groups excluding carboxylic acids is 1. The number of hydrogen-bond donors (Lipinski definition) is 2. The third-order valence-corrected chi connectivity index (χ3v) is 6.42. The van der Waals surface area contributed by atoms with Crippen molar-refractivity contribution in [2.75, 3.05) is 44.1 Å². The normalized spacial score (nSPS) is 14.3. The minimum absolute atomic E-state index is 0.164. The van der Waals surface area contributed by atoms with E-state index in [1.807, 2.05) is 24.3 Å². The maximum atomic E-state index is 12.3. The summed E-state index contributed by atoms with van der Waals surface area (Å²) in [4.78, 5) is 23.6. The van der Waals surface area contributed by atoms with Crippen LogP contribution in [0.15, 0.2) is 42.7 Å². The van der Waals surface area contributed by atoms with Crippen molar-refractivity contribution in [1.82, 2.24) is 15.3 Å². The molecule has 2 heterocycles. The summed E-state index contributed by atoms with van der Waals surface area (Å²) in [6, 6.07) is 11.7. The van der Waals surface area contributed by atoms with Gasteiger partial charge in [-0.1, -0.05) is 26.0 Å². The number of hydrogen-bond acceptors (Lipinski definition) is 6. The van der Waals surface area contributed by atoms with E-state index in [-0.39, 0.29) is 6.03 Å². The second-order valence-electron chi connectivity index (χ2n) is 8.96. The Labute approximate surface area is 200 Å². The molecule has 2 aromatic carbocycles. The van der Waals surface area contributed by atoms with Crippen LogP contribution in [0.2, 0.25) is 0 Å². The van der Waals surface area contributed by atoms with Gasteiger partial charge >= 0.3 is 6.03 Å². The number of carbonyl (C=O) groups is 1. The molecule has 0 saturated carbocycles. The van der Waals surface area contributed by atoms with Crippen molar-refractivity contribution < 1.29 is 14.3 Å². The molecule has 0 atom stereocenters. The van der Waals surface area contributed by atoms with Crippen LogP contribution in [0.25, 0.3) is 10.9 Å². The Morgan fingerprint density at radius 2 is 1.74 bits per heavy atom. The number of aromatic nitrogens is 2.